The fourth-order valence-electron chi connectivity index (χ4n) is 2.46. The molecule has 8 N–H and O–H groups in total. The Bertz CT molecular complexity index is 976. The molecule has 3 aromatic carbocycles. The van der Waals surface area contributed by atoms with Crippen molar-refractivity contribution in [2.45, 2.75) is 0 Å². The zero-order valence-corrected chi connectivity index (χ0v) is 15.9. The van der Waals surface area contributed by atoms with E-state index in [1.807, 2.05) is 0 Å². The summed E-state index contributed by atoms with van der Waals surface area (Å²) in [6, 6.07) is 20.8. The van der Waals surface area contributed by atoms with E-state index in [2.05, 4.69) is 10.3 Å². The first kappa shape index (κ1) is 18.7. The van der Waals surface area contributed by atoms with Gasteiger partial charge in [-0.3, -0.25) is 0 Å². The summed E-state index contributed by atoms with van der Waals surface area (Å²) in [7, 11) is 0. The number of H-pyrrole nitrogens is 2. The first-order chi connectivity index (χ1) is 14.5. The van der Waals surface area contributed by atoms with Crippen LogP contribution in [0.2, 0.25) is 0 Å². The van der Waals surface area contributed by atoms with E-state index in [4.69, 9.17) is 31.6 Å². The summed E-state index contributed by atoms with van der Waals surface area (Å²) in [5.41, 5.74) is 19.1. The Kier molecular flexibility index (Phi) is 5.12. The van der Waals surface area contributed by atoms with Crippen LogP contribution >= 0.6 is 0 Å². The van der Waals surface area contributed by atoms with Gasteiger partial charge in [0.05, 0.1) is 0 Å². The van der Waals surface area contributed by atoms with Gasteiger partial charge < -0.3 is 31.6 Å². The number of nitrogens with one attached hydrogen (secondary N) is 2. The number of nitrogens with two attached hydrogens (primary N) is 3. The van der Waals surface area contributed by atoms with Crippen molar-refractivity contribution in [1.82, 2.24) is 20.1 Å². The van der Waals surface area contributed by atoms with Crippen LogP contribution in [0.15, 0.2) is 79.0 Å². The molecule has 1 aromatic heterocycles. The maximum Gasteiger partial charge on any atom is 0.237 e. The molecular weight excluding hydrogens is 386 g/mol. The SMILES string of the molecule is Nc1ccc(Oc2cn(Oc3ccc(N)cc3)[nH]n(Oc3ccc(N)cc3)[nH]2)cc1. The summed E-state index contributed by atoms with van der Waals surface area (Å²) >= 11 is 0. The number of hydrogen-bond donors (Lipinski definition) is 5. The van der Waals surface area contributed by atoms with Crippen LogP contribution in [-0.4, -0.2) is 20.1 Å². The predicted octanol–water partition coefficient (Wildman–Crippen LogP) is 3.29. The minimum Gasteiger partial charge on any atom is -0.438 e. The zero-order valence-electron chi connectivity index (χ0n) is 15.9. The average molecular weight is 407 g/mol. The number of ether oxygens (including phenoxy) is 1. The molecule has 0 atom stereocenters. The van der Waals surface area contributed by atoms with Gasteiger partial charge in [0.2, 0.25) is 5.88 Å². The van der Waals surface area contributed by atoms with E-state index < -0.39 is 0 Å². The van der Waals surface area contributed by atoms with Gasteiger partial charge in [-0.05, 0) is 77.8 Å². The van der Waals surface area contributed by atoms with Crippen LogP contribution in [0.4, 0.5) is 17.1 Å². The van der Waals surface area contributed by atoms with E-state index in [1.54, 1.807) is 79.0 Å². The second kappa shape index (κ2) is 8.19. The van der Waals surface area contributed by atoms with Crippen molar-refractivity contribution in [3.05, 3.63) is 79.0 Å². The third-order valence-electron chi connectivity index (χ3n) is 3.90. The number of anilines is 3. The Balaban J connectivity index is 1.64. The average Bonchev–Trinajstić information content (AvgIpc) is 2.73. The molecule has 0 unspecified atom stereocenters. The fraction of sp³-hybridized carbons (Fsp3) is 0. The van der Waals surface area contributed by atoms with Crippen molar-refractivity contribution < 1.29 is 14.4 Å². The third-order valence-corrected chi connectivity index (χ3v) is 3.90. The molecule has 0 spiro atoms. The van der Waals surface area contributed by atoms with Crippen molar-refractivity contribution in [2.75, 3.05) is 17.2 Å². The molecule has 0 aliphatic rings. The van der Waals surface area contributed by atoms with Crippen LogP contribution in [-0.2, 0) is 0 Å². The lowest BCUT2D eigenvalue weighted by Crippen LogP contribution is -2.23. The summed E-state index contributed by atoms with van der Waals surface area (Å²) in [5, 5.41) is 5.82. The van der Waals surface area contributed by atoms with Crippen molar-refractivity contribution in [1.29, 1.82) is 0 Å². The van der Waals surface area contributed by atoms with Gasteiger partial charge in [-0.15, -0.1) is 0 Å². The number of benzene rings is 3. The van der Waals surface area contributed by atoms with Crippen LogP contribution in [0.3, 0.4) is 0 Å². The van der Waals surface area contributed by atoms with Gasteiger partial charge in [0.15, 0.2) is 11.5 Å². The van der Waals surface area contributed by atoms with Crippen molar-refractivity contribution in [3.63, 3.8) is 0 Å². The lowest BCUT2D eigenvalue weighted by molar-refractivity contribution is 0.0545. The zero-order chi connectivity index (χ0) is 20.9. The summed E-state index contributed by atoms with van der Waals surface area (Å²) in [6.45, 7) is 0. The second-order valence-corrected chi connectivity index (χ2v) is 6.32. The van der Waals surface area contributed by atoms with Crippen LogP contribution < -0.4 is 31.6 Å². The number of hydrogen-bond acceptors (Lipinski definition) is 6. The number of nitrogens with zero attached hydrogens (tertiary/aromatic N) is 2. The summed E-state index contributed by atoms with van der Waals surface area (Å²) < 4.78 is 5.86. The Labute approximate surface area is 171 Å². The molecule has 0 fully saturated rings. The molecule has 4 aromatic rings. The minimum absolute atomic E-state index is 0.324. The van der Waals surface area contributed by atoms with E-state index in [1.165, 1.54) is 9.80 Å². The Morgan fingerprint density at radius 3 is 1.60 bits per heavy atom. The number of aromatic amines is 2. The van der Waals surface area contributed by atoms with Crippen LogP contribution in [0.1, 0.15) is 0 Å². The molecule has 0 aliphatic heterocycles. The molecule has 154 valence electrons. The maximum atomic E-state index is 5.86. The van der Waals surface area contributed by atoms with E-state index in [0.29, 0.717) is 40.2 Å². The highest BCUT2D eigenvalue weighted by Crippen LogP contribution is 2.21. The van der Waals surface area contributed by atoms with Gasteiger partial charge in [-0.2, -0.15) is 5.21 Å². The van der Waals surface area contributed by atoms with E-state index >= 15 is 0 Å². The molecular formula is C20H21N7O3. The summed E-state index contributed by atoms with van der Waals surface area (Å²) in [5.74, 6) is 1.98. The quantitative estimate of drug-likeness (QED) is 0.310. The predicted molar refractivity (Wildman–Crippen MR) is 113 cm³/mol. The van der Waals surface area contributed by atoms with Gasteiger partial charge >= 0.3 is 0 Å². The smallest absolute Gasteiger partial charge is 0.237 e. The van der Waals surface area contributed by atoms with Crippen LogP contribution in [0, 0.1) is 0 Å². The highest BCUT2D eigenvalue weighted by atomic mass is 16.7. The van der Waals surface area contributed by atoms with Gasteiger partial charge in [0, 0.05) is 17.1 Å². The first-order valence-corrected chi connectivity index (χ1v) is 8.98. The Morgan fingerprint density at radius 1 is 0.600 bits per heavy atom. The molecule has 0 aliphatic carbocycles. The molecule has 1 heterocycles. The standard InChI is InChI=1S/C20H21N7O3/c21-14-1-7-17(8-2-14)28-20-13-26(29-18-9-3-15(22)4-10-18)25-27(24-20)30-19-11-5-16(23)6-12-19/h1-13,24-25H,21-23H2. The molecule has 0 amide bonds. The Morgan fingerprint density at radius 2 is 1.07 bits per heavy atom. The highest BCUT2D eigenvalue weighted by molar-refractivity contribution is 5.43. The van der Waals surface area contributed by atoms with Crippen molar-refractivity contribution in [3.8, 4) is 23.1 Å². The second-order valence-electron chi connectivity index (χ2n) is 6.32. The first-order valence-electron chi connectivity index (χ1n) is 8.98. The minimum atomic E-state index is 0.324. The van der Waals surface area contributed by atoms with E-state index in [0.717, 1.165) is 0 Å². The van der Waals surface area contributed by atoms with Gasteiger partial charge in [0.25, 0.3) is 0 Å². The normalized spacial score (nSPS) is 10.4. The van der Waals surface area contributed by atoms with E-state index in [-0.39, 0.29) is 0 Å². The Hall–Kier alpha value is -4.60. The number of rotatable bonds is 6. The third kappa shape index (κ3) is 4.81. The molecule has 0 saturated carbocycles. The maximum absolute atomic E-state index is 5.86. The molecule has 10 nitrogen and oxygen atoms in total. The number of nitrogen functional groups attached to an aromatic ring is 3. The van der Waals surface area contributed by atoms with Crippen LogP contribution in [0.25, 0.3) is 0 Å². The number of aromatic nitrogens is 4. The van der Waals surface area contributed by atoms with E-state index in [9.17, 15) is 0 Å². The largest absolute Gasteiger partial charge is 0.438 e. The summed E-state index contributed by atoms with van der Waals surface area (Å²) in [6.07, 6.45) is 1.57. The van der Waals surface area contributed by atoms with Crippen molar-refractivity contribution >= 4 is 17.1 Å². The monoisotopic (exact) mass is 407 g/mol. The molecule has 0 saturated heterocycles. The van der Waals surface area contributed by atoms with Crippen LogP contribution in [0.5, 0.6) is 23.1 Å². The molecule has 0 radical (unpaired) electrons. The molecule has 0 bridgehead atoms. The molecule has 30 heavy (non-hydrogen) atoms. The fourth-order valence-corrected chi connectivity index (χ4v) is 2.46. The topological polar surface area (TPSA) is 147 Å². The molecule has 10 heteroatoms. The van der Waals surface area contributed by atoms with Gasteiger partial charge in [-0.1, -0.05) is 4.85 Å². The molecule has 4 rings (SSSR count). The highest BCUT2D eigenvalue weighted by Gasteiger charge is 2.05. The lowest BCUT2D eigenvalue weighted by atomic mass is 10.3. The lowest BCUT2D eigenvalue weighted by Gasteiger charge is -2.16. The van der Waals surface area contributed by atoms with Crippen molar-refractivity contribution in [2.24, 2.45) is 0 Å². The summed E-state index contributed by atoms with van der Waals surface area (Å²) in [4.78, 5) is 14.1. The van der Waals surface area contributed by atoms with Gasteiger partial charge in [0.1, 0.15) is 11.9 Å². The van der Waals surface area contributed by atoms with Gasteiger partial charge in [-0.25, -0.2) is 5.10 Å².